The monoisotopic (exact) mass is 184 g/mol. The zero-order chi connectivity index (χ0) is 9.31. The Bertz CT molecular complexity index is 178. The van der Waals surface area contributed by atoms with Gasteiger partial charge < -0.3 is 10.8 Å². The van der Waals surface area contributed by atoms with Crippen LogP contribution < -0.4 is 5.73 Å². The van der Waals surface area contributed by atoms with Crippen LogP contribution in [0.1, 0.15) is 32.1 Å². The summed E-state index contributed by atoms with van der Waals surface area (Å²) in [7, 11) is 0. The summed E-state index contributed by atoms with van der Waals surface area (Å²) in [5.41, 5.74) is 5.43. The minimum Gasteiger partial charge on any atom is -0.389 e. The van der Waals surface area contributed by atoms with Crippen molar-refractivity contribution in [2.24, 2.45) is 5.73 Å². The molecule has 13 heavy (non-hydrogen) atoms. The van der Waals surface area contributed by atoms with Gasteiger partial charge in [0.15, 0.2) is 0 Å². The van der Waals surface area contributed by atoms with Crippen LogP contribution in [0, 0.1) is 0 Å². The van der Waals surface area contributed by atoms with Crippen LogP contribution in [0.2, 0.25) is 0 Å². The number of aliphatic hydroxyl groups is 1. The molecular weight excluding hydrogens is 164 g/mol. The van der Waals surface area contributed by atoms with E-state index in [1.165, 1.54) is 12.8 Å². The van der Waals surface area contributed by atoms with E-state index in [9.17, 15) is 5.11 Å². The molecule has 0 aromatic carbocycles. The number of β-amino-alcohol motifs (C(OH)–C–C–N with tert-alkyl or cyclic N) is 1. The van der Waals surface area contributed by atoms with Gasteiger partial charge in [-0.25, -0.2) is 0 Å². The van der Waals surface area contributed by atoms with E-state index in [4.69, 9.17) is 5.73 Å². The summed E-state index contributed by atoms with van der Waals surface area (Å²) in [5, 5.41) is 10.2. The van der Waals surface area contributed by atoms with Crippen molar-refractivity contribution in [3.8, 4) is 0 Å². The number of nitrogens with two attached hydrogens (primary N) is 1. The van der Waals surface area contributed by atoms with Gasteiger partial charge in [0.25, 0.3) is 0 Å². The Morgan fingerprint density at radius 1 is 1.38 bits per heavy atom. The van der Waals surface area contributed by atoms with Crippen molar-refractivity contribution in [3.63, 3.8) is 0 Å². The average Bonchev–Trinajstić information content (AvgIpc) is 2.62. The van der Waals surface area contributed by atoms with Crippen LogP contribution >= 0.6 is 0 Å². The maximum atomic E-state index is 10.2. The largest absolute Gasteiger partial charge is 0.389 e. The number of likely N-dealkylation sites (tertiary alicyclic amines) is 1. The van der Waals surface area contributed by atoms with Crippen LogP contribution in [0.4, 0.5) is 0 Å². The molecule has 1 aliphatic carbocycles. The fraction of sp³-hybridized carbons (Fsp3) is 1.00. The van der Waals surface area contributed by atoms with Crippen LogP contribution in [0.25, 0.3) is 0 Å². The zero-order valence-electron chi connectivity index (χ0n) is 8.21. The molecular formula is C10H20N2O. The van der Waals surface area contributed by atoms with E-state index in [0.717, 1.165) is 38.9 Å². The first-order chi connectivity index (χ1) is 6.18. The summed E-state index contributed by atoms with van der Waals surface area (Å²) in [4.78, 5) is 2.32. The van der Waals surface area contributed by atoms with Crippen molar-refractivity contribution in [2.75, 3.05) is 19.6 Å². The number of hydrogen-bond acceptors (Lipinski definition) is 3. The molecule has 3 heteroatoms. The summed E-state index contributed by atoms with van der Waals surface area (Å²) in [6.45, 7) is 2.90. The number of nitrogens with zero attached hydrogens (tertiary/aromatic N) is 1. The molecule has 0 spiro atoms. The van der Waals surface area contributed by atoms with E-state index >= 15 is 0 Å². The molecule has 1 aliphatic heterocycles. The highest BCUT2D eigenvalue weighted by Gasteiger charge is 2.34. The predicted molar refractivity (Wildman–Crippen MR) is 52.5 cm³/mol. The van der Waals surface area contributed by atoms with Crippen molar-refractivity contribution in [2.45, 2.75) is 43.7 Å². The molecule has 2 aliphatic rings. The van der Waals surface area contributed by atoms with Gasteiger partial charge in [-0.2, -0.15) is 0 Å². The van der Waals surface area contributed by atoms with Crippen LogP contribution in [-0.4, -0.2) is 41.3 Å². The zero-order valence-corrected chi connectivity index (χ0v) is 8.21. The van der Waals surface area contributed by atoms with Gasteiger partial charge in [0.05, 0.1) is 5.60 Å². The Hall–Kier alpha value is -0.120. The van der Waals surface area contributed by atoms with E-state index < -0.39 is 0 Å². The highest BCUT2D eigenvalue weighted by Crippen LogP contribution is 2.30. The molecule has 76 valence electrons. The van der Waals surface area contributed by atoms with Crippen LogP contribution in [0.15, 0.2) is 0 Å². The predicted octanol–water partition coefficient (Wildman–Crippen LogP) is 0.324. The molecule has 0 amide bonds. The fourth-order valence-corrected chi connectivity index (χ4v) is 2.61. The highest BCUT2D eigenvalue weighted by atomic mass is 16.3. The van der Waals surface area contributed by atoms with Gasteiger partial charge in [-0.15, -0.1) is 0 Å². The first-order valence-electron chi connectivity index (χ1n) is 5.38. The lowest BCUT2D eigenvalue weighted by atomic mass is 10.0. The standard InChI is InChI=1S/C10H20N2O/c11-9-3-6-12(7-9)8-10(13)4-1-2-5-10/h9,13H,1-8,11H2/t9-/m1/s1. The average molecular weight is 184 g/mol. The highest BCUT2D eigenvalue weighted by molar-refractivity contribution is 4.90. The lowest BCUT2D eigenvalue weighted by Crippen LogP contribution is -2.40. The molecule has 0 aromatic rings. The third-order valence-corrected chi connectivity index (χ3v) is 3.36. The first-order valence-corrected chi connectivity index (χ1v) is 5.38. The Balaban J connectivity index is 1.83. The van der Waals surface area contributed by atoms with Crippen LogP contribution in [-0.2, 0) is 0 Å². The molecule has 2 rings (SSSR count). The Morgan fingerprint density at radius 3 is 2.62 bits per heavy atom. The van der Waals surface area contributed by atoms with Gasteiger partial charge in [-0.3, -0.25) is 4.90 Å². The van der Waals surface area contributed by atoms with Crippen LogP contribution in [0.3, 0.4) is 0 Å². The van der Waals surface area contributed by atoms with E-state index in [1.54, 1.807) is 0 Å². The molecule has 1 saturated heterocycles. The molecule has 0 bridgehead atoms. The summed E-state index contributed by atoms with van der Waals surface area (Å²) in [5.74, 6) is 0. The van der Waals surface area contributed by atoms with Gasteiger partial charge in [0.2, 0.25) is 0 Å². The normalized spacial score (nSPS) is 34.2. The second-order valence-corrected chi connectivity index (χ2v) is 4.72. The van der Waals surface area contributed by atoms with E-state index in [-0.39, 0.29) is 5.60 Å². The Labute approximate surface area is 79.9 Å². The Morgan fingerprint density at radius 2 is 2.08 bits per heavy atom. The van der Waals surface area contributed by atoms with Crippen molar-refractivity contribution in [1.82, 2.24) is 4.90 Å². The van der Waals surface area contributed by atoms with Crippen molar-refractivity contribution >= 4 is 0 Å². The molecule has 3 N–H and O–H groups in total. The molecule has 0 radical (unpaired) electrons. The summed E-state index contributed by atoms with van der Waals surface area (Å²) in [6, 6.07) is 0.338. The van der Waals surface area contributed by atoms with Crippen LogP contribution in [0.5, 0.6) is 0 Å². The van der Waals surface area contributed by atoms with E-state index in [0.29, 0.717) is 6.04 Å². The maximum absolute atomic E-state index is 10.2. The molecule has 0 aromatic heterocycles. The quantitative estimate of drug-likeness (QED) is 0.650. The van der Waals surface area contributed by atoms with Gasteiger partial charge in [-0.05, 0) is 25.8 Å². The maximum Gasteiger partial charge on any atom is 0.0774 e. The third kappa shape index (κ3) is 2.22. The summed E-state index contributed by atoms with van der Waals surface area (Å²) >= 11 is 0. The third-order valence-electron chi connectivity index (χ3n) is 3.36. The minimum absolute atomic E-state index is 0.338. The minimum atomic E-state index is -0.385. The molecule has 1 saturated carbocycles. The first kappa shape index (κ1) is 9.44. The molecule has 1 heterocycles. The van der Waals surface area contributed by atoms with Gasteiger partial charge in [-0.1, -0.05) is 12.8 Å². The summed E-state index contributed by atoms with van der Waals surface area (Å²) < 4.78 is 0. The molecule has 2 fully saturated rings. The topological polar surface area (TPSA) is 49.5 Å². The molecule has 0 unspecified atom stereocenters. The summed E-state index contributed by atoms with van der Waals surface area (Å²) in [6.07, 6.45) is 5.44. The fourth-order valence-electron chi connectivity index (χ4n) is 2.61. The van der Waals surface area contributed by atoms with Crippen molar-refractivity contribution in [1.29, 1.82) is 0 Å². The van der Waals surface area contributed by atoms with Gasteiger partial charge in [0.1, 0.15) is 0 Å². The van der Waals surface area contributed by atoms with Crippen molar-refractivity contribution < 1.29 is 5.11 Å². The Kier molecular flexibility index (Phi) is 2.58. The van der Waals surface area contributed by atoms with Gasteiger partial charge >= 0.3 is 0 Å². The molecule has 3 nitrogen and oxygen atoms in total. The smallest absolute Gasteiger partial charge is 0.0774 e. The lowest BCUT2D eigenvalue weighted by molar-refractivity contribution is 0.0155. The molecule has 1 atom stereocenters. The van der Waals surface area contributed by atoms with E-state index in [1.807, 2.05) is 0 Å². The van der Waals surface area contributed by atoms with E-state index in [2.05, 4.69) is 4.90 Å². The second-order valence-electron chi connectivity index (χ2n) is 4.72. The second kappa shape index (κ2) is 3.56. The van der Waals surface area contributed by atoms with Gasteiger partial charge in [0, 0.05) is 19.1 Å². The lowest BCUT2D eigenvalue weighted by Gasteiger charge is -2.28. The van der Waals surface area contributed by atoms with Crippen molar-refractivity contribution in [3.05, 3.63) is 0 Å². The SMILES string of the molecule is N[C@@H]1CCN(CC2(O)CCCC2)C1. The number of hydrogen-bond donors (Lipinski definition) is 2. The number of rotatable bonds is 2.